The Morgan fingerprint density at radius 3 is 1.73 bits per heavy atom. The number of benzene rings is 2. The van der Waals surface area contributed by atoms with Crippen LogP contribution in [0.5, 0.6) is 0 Å². The van der Waals surface area contributed by atoms with Gasteiger partial charge in [0, 0.05) is 24.0 Å². The van der Waals surface area contributed by atoms with Gasteiger partial charge in [0.1, 0.15) is 12.6 Å². The van der Waals surface area contributed by atoms with Crippen molar-refractivity contribution < 1.29 is 19.1 Å². The summed E-state index contributed by atoms with van der Waals surface area (Å²) in [5.74, 6) is 4.51. The van der Waals surface area contributed by atoms with Gasteiger partial charge in [-0.15, -0.1) is 37.1 Å². The van der Waals surface area contributed by atoms with Crippen molar-refractivity contribution in [3.63, 3.8) is 0 Å². The SMILES string of the molecule is C#CCCCCCC(N)C(=O)OC.C#CCCCCCI.COC(=O)CN=C(c1ccccc1)c1ccccc1.Cl. The van der Waals surface area contributed by atoms with Crippen LogP contribution in [0, 0.1) is 24.7 Å². The summed E-state index contributed by atoms with van der Waals surface area (Å²) < 4.78 is 10.4. The summed E-state index contributed by atoms with van der Waals surface area (Å²) in [7, 11) is 2.71. The fourth-order valence-electron chi connectivity index (χ4n) is 3.29. The maximum absolute atomic E-state index is 11.2. The first kappa shape index (κ1) is 40.3. The van der Waals surface area contributed by atoms with Gasteiger partial charge >= 0.3 is 11.9 Å². The highest BCUT2D eigenvalue weighted by Crippen LogP contribution is 2.11. The van der Waals surface area contributed by atoms with Gasteiger partial charge in [0.15, 0.2) is 0 Å². The van der Waals surface area contributed by atoms with E-state index in [-0.39, 0.29) is 30.9 Å². The predicted molar refractivity (Wildman–Crippen MR) is 181 cm³/mol. The number of halogens is 2. The van der Waals surface area contributed by atoms with Crippen LogP contribution in [0.15, 0.2) is 65.7 Å². The van der Waals surface area contributed by atoms with Crippen LogP contribution in [-0.2, 0) is 19.1 Å². The summed E-state index contributed by atoms with van der Waals surface area (Å²) in [5.41, 5.74) is 8.29. The van der Waals surface area contributed by atoms with Crippen molar-refractivity contribution >= 4 is 52.6 Å². The molecule has 0 aromatic heterocycles. The van der Waals surface area contributed by atoms with E-state index >= 15 is 0 Å². The minimum absolute atomic E-state index is 0. The van der Waals surface area contributed by atoms with Crippen molar-refractivity contribution in [1.82, 2.24) is 0 Å². The number of terminal acetylenes is 2. The lowest BCUT2D eigenvalue weighted by molar-refractivity contribution is -0.142. The van der Waals surface area contributed by atoms with E-state index < -0.39 is 6.04 Å². The highest BCUT2D eigenvalue weighted by Gasteiger charge is 2.12. The number of rotatable bonds is 14. The molecule has 1 atom stereocenters. The van der Waals surface area contributed by atoms with E-state index in [9.17, 15) is 9.59 Å². The van der Waals surface area contributed by atoms with Gasteiger partial charge in [0.05, 0.1) is 19.9 Å². The number of carbonyl (C=O) groups is 2. The second-order valence-corrected chi connectivity index (χ2v) is 9.69. The first-order valence-electron chi connectivity index (χ1n) is 13.4. The number of alkyl halides is 1. The summed E-state index contributed by atoms with van der Waals surface area (Å²) in [4.78, 5) is 26.5. The van der Waals surface area contributed by atoms with Crippen molar-refractivity contribution in [2.24, 2.45) is 10.7 Å². The van der Waals surface area contributed by atoms with Crippen LogP contribution < -0.4 is 5.73 Å². The van der Waals surface area contributed by atoms with E-state index in [1.165, 1.54) is 37.9 Å². The molecule has 0 aliphatic carbocycles. The normalized spacial score (nSPS) is 9.90. The van der Waals surface area contributed by atoms with E-state index in [1.807, 2.05) is 60.7 Å². The van der Waals surface area contributed by atoms with Gasteiger partial charge in [0.25, 0.3) is 0 Å². The molecule has 2 rings (SSSR count). The fourth-order valence-corrected chi connectivity index (χ4v) is 3.82. The number of aliphatic imine (C=N–C) groups is 1. The Kier molecular flexibility index (Phi) is 28.2. The van der Waals surface area contributed by atoms with E-state index in [0.29, 0.717) is 6.42 Å². The Morgan fingerprint density at radius 2 is 1.32 bits per heavy atom. The third-order valence-electron chi connectivity index (χ3n) is 5.48. The average molecular weight is 695 g/mol. The molecule has 6 nitrogen and oxygen atoms in total. The number of nitrogens with zero attached hydrogens (tertiary/aromatic N) is 1. The maximum atomic E-state index is 11.2. The van der Waals surface area contributed by atoms with Gasteiger partial charge in [-0.05, 0) is 30.1 Å². The molecule has 41 heavy (non-hydrogen) atoms. The molecule has 1 unspecified atom stereocenters. The third-order valence-corrected chi connectivity index (χ3v) is 6.25. The zero-order valence-electron chi connectivity index (χ0n) is 24.2. The molecule has 2 aromatic rings. The molecule has 0 fully saturated rings. The van der Waals surface area contributed by atoms with Crippen molar-refractivity contribution in [2.75, 3.05) is 25.2 Å². The van der Waals surface area contributed by atoms with Gasteiger partial charge < -0.3 is 15.2 Å². The Bertz CT molecular complexity index is 1010. The lowest BCUT2D eigenvalue weighted by Crippen LogP contribution is -2.31. The van der Waals surface area contributed by atoms with E-state index in [1.54, 1.807) is 0 Å². The van der Waals surface area contributed by atoms with Crippen LogP contribution in [0.1, 0.15) is 68.9 Å². The number of unbranched alkanes of at least 4 members (excludes halogenated alkanes) is 6. The molecule has 0 heterocycles. The second-order valence-electron chi connectivity index (χ2n) is 8.61. The Balaban J connectivity index is 0. The monoisotopic (exact) mass is 694 g/mol. The molecule has 0 aliphatic rings. The van der Waals surface area contributed by atoms with Crippen LogP contribution >= 0.6 is 35.0 Å². The van der Waals surface area contributed by atoms with Crippen LogP contribution in [0.3, 0.4) is 0 Å². The van der Waals surface area contributed by atoms with Crippen LogP contribution in [0.2, 0.25) is 0 Å². The zero-order valence-corrected chi connectivity index (χ0v) is 27.2. The number of hydrogen-bond donors (Lipinski definition) is 1. The predicted octanol–water partition coefficient (Wildman–Crippen LogP) is 6.80. The van der Waals surface area contributed by atoms with E-state index in [0.717, 1.165) is 48.9 Å². The third kappa shape index (κ3) is 21.6. The first-order valence-corrected chi connectivity index (χ1v) is 15.0. The molecule has 0 spiro atoms. The van der Waals surface area contributed by atoms with Crippen molar-refractivity contribution in [2.45, 2.75) is 63.8 Å². The number of methoxy groups -OCH3 is 2. The van der Waals surface area contributed by atoms with Gasteiger partial charge in [-0.3, -0.25) is 14.6 Å². The van der Waals surface area contributed by atoms with Crippen molar-refractivity contribution in [1.29, 1.82) is 0 Å². The lowest BCUT2D eigenvalue weighted by Gasteiger charge is -2.07. The summed E-state index contributed by atoms with van der Waals surface area (Å²) >= 11 is 2.39. The molecule has 0 amide bonds. The number of ether oxygens (including phenoxy) is 2. The van der Waals surface area contributed by atoms with E-state index in [2.05, 4.69) is 48.9 Å². The molecule has 2 aromatic carbocycles. The molecule has 0 bridgehead atoms. The molecule has 0 radical (unpaired) electrons. The largest absolute Gasteiger partial charge is 0.468 e. The Labute approximate surface area is 266 Å². The quantitative estimate of drug-likeness (QED) is 0.0587. The first-order chi connectivity index (χ1) is 19.4. The molecule has 0 aliphatic heterocycles. The highest BCUT2D eigenvalue weighted by molar-refractivity contribution is 14.1. The Morgan fingerprint density at radius 1 is 0.829 bits per heavy atom. The summed E-state index contributed by atoms with van der Waals surface area (Å²) in [6, 6.07) is 19.1. The summed E-state index contributed by atoms with van der Waals surface area (Å²) in [6.45, 7) is 0.0234. The van der Waals surface area contributed by atoms with Crippen molar-refractivity contribution in [3.05, 3.63) is 71.8 Å². The van der Waals surface area contributed by atoms with E-state index in [4.69, 9.17) is 18.6 Å². The number of nitrogens with two attached hydrogens (primary N) is 1. The van der Waals surface area contributed by atoms with Crippen molar-refractivity contribution in [3.8, 4) is 24.7 Å². The maximum Gasteiger partial charge on any atom is 0.327 e. The minimum atomic E-state index is -0.476. The molecule has 224 valence electrons. The smallest absolute Gasteiger partial charge is 0.327 e. The topological polar surface area (TPSA) is 91.0 Å². The summed E-state index contributed by atoms with van der Waals surface area (Å²) in [5, 5.41) is 0. The number of carbonyl (C=O) groups excluding carboxylic acids is 2. The number of esters is 2. The average Bonchev–Trinajstić information content (AvgIpc) is 3.00. The lowest BCUT2D eigenvalue weighted by atomic mass is 10.0. The standard InChI is InChI=1S/C16H15NO2.C10H17NO2.C7H11I.ClH/c1-19-15(18)12-17-16(13-8-4-2-5-9-13)14-10-6-3-7-11-14;1-3-4-5-6-7-8-9(11)10(12)13-2;1-2-3-4-5-6-7-8;/h2-11H,12H2,1H3;1,9H,4-8,11H2,2H3;1H,3-7H2;1H. The molecule has 8 heteroatoms. The highest BCUT2D eigenvalue weighted by atomic mass is 127. The Hall–Kier alpha value is -2.85. The summed E-state index contributed by atoms with van der Waals surface area (Å²) in [6.07, 6.45) is 19.4. The van der Waals surface area contributed by atoms with Gasteiger partial charge in [0.2, 0.25) is 0 Å². The van der Waals surface area contributed by atoms with Crippen LogP contribution in [0.4, 0.5) is 0 Å². The number of hydrogen-bond acceptors (Lipinski definition) is 6. The zero-order chi connectivity index (χ0) is 29.8. The van der Waals surface area contributed by atoms with Gasteiger partial charge in [-0.1, -0.05) is 103 Å². The fraction of sp³-hybridized carbons (Fsp3) is 0.424. The molecule has 0 saturated heterocycles. The minimum Gasteiger partial charge on any atom is -0.468 e. The van der Waals surface area contributed by atoms with Gasteiger partial charge in [-0.25, -0.2) is 0 Å². The molecule has 2 N–H and O–H groups in total. The second kappa shape index (κ2) is 28.7. The van der Waals surface area contributed by atoms with Crippen LogP contribution in [-0.4, -0.2) is 48.9 Å². The van der Waals surface area contributed by atoms with Gasteiger partial charge in [-0.2, -0.15) is 0 Å². The van der Waals surface area contributed by atoms with Crippen LogP contribution in [0.25, 0.3) is 0 Å². The molecular weight excluding hydrogens is 651 g/mol. The molecule has 0 saturated carbocycles. The molecular formula is C33H44ClIN2O4.